The number of amides is 5. The number of unbranched alkanes of at least 4 members (excludes halogenated alkanes) is 1. The third-order valence-corrected chi connectivity index (χ3v) is 8.28. The van der Waals surface area contributed by atoms with E-state index in [0.717, 1.165) is 0 Å². The van der Waals surface area contributed by atoms with Crippen LogP contribution in [0, 0.1) is 0 Å². The van der Waals surface area contributed by atoms with Crippen molar-refractivity contribution in [3.8, 4) is 0 Å². The minimum atomic E-state index is -1.56. The lowest BCUT2D eigenvalue weighted by atomic mass is 10.0. The van der Waals surface area contributed by atoms with Crippen molar-refractivity contribution < 1.29 is 83.2 Å². The lowest BCUT2D eigenvalue weighted by molar-refractivity contribution is -0.292. The molecular formula is C30H48N4O17. The van der Waals surface area contributed by atoms with Gasteiger partial charge in [0, 0.05) is 38.8 Å². The summed E-state index contributed by atoms with van der Waals surface area (Å²) in [5.74, 6) is -4.19. The predicted molar refractivity (Wildman–Crippen MR) is 165 cm³/mol. The maximum absolute atomic E-state index is 13.0. The van der Waals surface area contributed by atoms with E-state index in [1.54, 1.807) is 0 Å². The highest BCUT2D eigenvalue weighted by Gasteiger charge is 2.43. The molecule has 3 saturated heterocycles. The molecule has 0 unspecified atom stereocenters. The molecule has 0 aliphatic carbocycles. The van der Waals surface area contributed by atoms with Gasteiger partial charge in [0.1, 0.15) is 42.7 Å². The number of aliphatic hydroxyl groups is 6. The zero-order valence-electron chi connectivity index (χ0n) is 28.3. The van der Waals surface area contributed by atoms with Gasteiger partial charge in [-0.15, -0.1) is 5.06 Å². The predicted octanol–water partition coefficient (Wildman–Crippen LogP) is -5.05. The van der Waals surface area contributed by atoms with E-state index in [1.807, 2.05) is 0 Å². The molecule has 0 bridgehead atoms. The summed E-state index contributed by atoms with van der Waals surface area (Å²) in [5, 5.41) is 67.5. The third kappa shape index (κ3) is 12.4. The summed E-state index contributed by atoms with van der Waals surface area (Å²) in [5.41, 5.74) is 0. The summed E-state index contributed by atoms with van der Waals surface area (Å²) in [4.78, 5) is 78.4. The fourth-order valence-corrected chi connectivity index (χ4v) is 5.23. The number of hydroxylamine groups is 2. The van der Waals surface area contributed by atoms with Gasteiger partial charge in [-0.05, 0) is 26.7 Å². The van der Waals surface area contributed by atoms with Crippen molar-refractivity contribution in [1.82, 2.24) is 21.0 Å². The maximum Gasteiger partial charge on any atom is 0.333 e. The van der Waals surface area contributed by atoms with Gasteiger partial charge in [-0.1, -0.05) is 0 Å². The Kier molecular flexibility index (Phi) is 16.5. The highest BCUT2D eigenvalue weighted by molar-refractivity contribution is 6.01. The van der Waals surface area contributed by atoms with E-state index in [4.69, 9.17) is 23.8 Å². The van der Waals surface area contributed by atoms with Crippen molar-refractivity contribution in [2.24, 2.45) is 0 Å². The molecule has 21 nitrogen and oxygen atoms in total. The van der Waals surface area contributed by atoms with Crippen molar-refractivity contribution >= 4 is 35.5 Å². The molecule has 0 saturated carbocycles. The first-order valence-electron chi connectivity index (χ1n) is 16.6. The number of imide groups is 1. The fourth-order valence-electron chi connectivity index (χ4n) is 5.23. The number of hydrogen-bond donors (Lipinski definition) is 9. The lowest BCUT2D eigenvalue weighted by Crippen LogP contribution is -2.57. The van der Waals surface area contributed by atoms with Crippen molar-refractivity contribution in [1.29, 1.82) is 0 Å². The molecule has 0 aromatic heterocycles. The summed E-state index contributed by atoms with van der Waals surface area (Å²) in [6.45, 7) is 2.23. The van der Waals surface area contributed by atoms with E-state index in [1.165, 1.54) is 13.8 Å². The Hall–Kier alpha value is -3.38. The molecule has 3 rings (SSSR count). The van der Waals surface area contributed by atoms with Crippen LogP contribution < -0.4 is 16.0 Å². The Bertz CT molecular complexity index is 1210. The number of rotatable bonds is 18. The molecular weight excluding hydrogens is 688 g/mol. The third-order valence-electron chi connectivity index (χ3n) is 8.28. The van der Waals surface area contributed by atoms with E-state index in [2.05, 4.69) is 16.0 Å². The first-order chi connectivity index (χ1) is 24.1. The van der Waals surface area contributed by atoms with Crippen LogP contribution in [-0.2, 0) is 52.6 Å². The second-order valence-corrected chi connectivity index (χ2v) is 12.3. The summed E-state index contributed by atoms with van der Waals surface area (Å²) >= 11 is 0. The monoisotopic (exact) mass is 736 g/mol. The average Bonchev–Trinajstić information content (AvgIpc) is 3.40. The van der Waals surface area contributed by atoms with Crippen LogP contribution in [0.5, 0.6) is 0 Å². The molecule has 0 aromatic rings. The summed E-state index contributed by atoms with van der Waals surface area (Å²) in [6, 6.07) is -1.38. The number of carbonyl (C=O) groups is 6. The number of carbonyl (C=O) groups excluding carboxylic acids is 6. The summed E-state index contributed by atoms with van der Waals surface area (Å²) in [7, 11) is 0. The van der Waals surface area contributed by atoms with Gasteiger partial charge in [0.2, 0.25) is 17.7 Å². The molecule has 21 heteroatoms. The minimum absolute atomic E-state index is 0.0536. The molecule has 51 heavy (non-hydrogen) atoms. The van der Waals surface area contributed by atoms with Gasteiger partial charge in [-0.25, -0.2) is 4.79 Å². The van der Waals surface area contributed by atoms with Crippen LogP contribution in [0.2, 0.25) is 0 Å². The standard InChI is InChI=1S/C30H48N4O17/c1-14-22(40)24(42)26(44)29(49-14)47-11-9-31-18(36)13-16(28(46)32-10-12-48-30-27(45)25(43)23(41)15(2)50-30)33-17(35)5-3-4-6-21(39)51-34-19(37)7-8-20(34)38/h14-16,22-27,29-30,40-45H,3-13H2,1-2H3,(H,31,36)(H,32,46)(H,33,35)/t14-,15-,16-,22+,23+,24+,25+,26-,27-,29+,30+/m0/s1. The van der Waals surface area contributed by atoms with Crippen LogP contribution in [0.4, 0.5) is 0 Å². The average molecular weight is 737 g/mol. The van der Waals surface area contributed by atoms with Crippen LogP contribution in [0.1, 0.15) is 58.8 Å². The van der Waals surface area contributed by atoms with E-state index < -0.39 is 109 Å². The minimum Gasteiger partial charge on any atom is -0.388 e. The van der Waals surface area contributed by atoms with E-state index in [9.17, 15) is 59.4 Å². The number of aliphatic hydroxyl groups excluding tert-OH is 6. The maximum atomic E-state index is 13.0. The van der Waals surface area contributed by atoms with Gasteiger partial charge < -0.3 is 70.4 Å². The first-order valence-corrected chi connectivity index (χ1v) is 16.6. The molecule has 0 radical (unpaired) electrons. The molecule has 3 aliphatic rings. The van der Waals surface area contributed by atoms with Crippen molar-refractivity contribution in [3.63, 3.8) is 0 Å². The second-order valence-electron chi connectivity index (χ2n) is 12.3. The molecule has 0 spiro atoms. The lowest BCUT2D eigenvalue weighted by Gasteiger charge is -2.38. The molecule has 5 amide bonds. The zero-order valence-corrected chi connectivity index (χ0v) is 28.3. The first kappa shape index (κ1) is 42.0. The Morgan fingerprint density at radius 1 is 0.725 bits per heavy atom. The molecule has 290 valence electrons. The number of hydrogen-bond acceptors (Lipinski definition) is 17. The van der Waals surface area contributed by atoms with Crippen molar-refractivity contribution in [2.45, 2.75) is 126 Å². The van der Waals surface area contributed by atoms with Crippen molar-refractivity contribution in [2.75, 3.05) is 26.3 Å². The molecule has 3 heterocycles. The SMILES string of the molecule is C[C@@H]1O[C@@H](OCCNC(=O)C[C@H](NC(=O)CCCCC(=O)ON2C(=O)CCC2=O)C(=O)NCCO[C@@H]2O[C@@H](C)[C@@H](O)[C@@H](O)[C@@H]2O)[C@@H](O)[C@H](O)[C@@H]1O. The number of ether oxygens (including phenoxy) is 4. The van der Waals surface area contributed by atoms with Gasteiger partial charge >= 0.3 is 5.97 Å². The van der Waals surface area contributed by atoms with Crippen LogP contribution in [0.25, 0.3) is 0 Å². The molecule has 3 aliphatic heterocycles. The van der Waals surface area contributed by atoms with Crippen molar-refractivity contribution in [3.05, 3.63) is 0 Å². The van der Waals surface area contributed by atoms with E-state index in [-0.39, 0.29) is 64.8 Å². The van der Waals surface area contributed by atoms with Crippen LogP contribution in [0.3, 0.4) is 0 Å². The molecule has 3 fully saturated rings. The largest absolute Gasteiger partial charge is 0.388 e. The molecule has 9 N–H and O–H groups in total. The quantitative estimate of drug-likeness (QED) is 0.0470. The Labute approximate surface area is 292 Å². The van der Waals surface area contributed by atoms with Crippen LogP contribution in [-0.4, -0.2) is 165 Å². The topological polar surface area (TPSA) is 309 Å². The summed E-state index contributed by atoms with van der Waals surface area (Å²) < 4.78 is 21.4. The van der Waals surface area contributed by atoms with Gasteiger partial charge in [0.25, 0.3) is 11.8 Å². The van der Waals surface area contributed by atoms with Crippen LogP contribution >= 0.6 is 0 Å². The zero-order chi connectivity index (χ0) is 37.8. The smallest absolute Gasteiger partial charge is 0.333 e. The Balaban J connectivity index is 1.46. The highest BCUT2D eigenvalue weighted by Crippen LogP contribution is 2.22. The van der Waals surface area contributed by atoms with Gasteiger partial charge in [0.05, 0.1) is 31.8 Å². The summed E-state index contributed by atoms with van der Waals surface area (Å²) in [6.07, 6.45) is -13.8. The fraction of sp³-hybridized carbons (Fsp3) is 0.800. The number of nitrogens with zero attached hydrogens (tertiary/aromatic N) is 1. The normalized spacial score (nSPS) is 31.6. The Morgan fingerprint density at radius 3 is 1.75 bits per heavy atom. The van der Waals surface area contributed by atoms with E-state index in [0.29, 0.717) is 5.06 Å². The molecule has 0 aromatic carbocycles. The highest BCUT2D eigenvalue weighted by atomic mass is 16.7. The van der Waals surface area contributed by atoms with Gasteiger partial charge in [0.15, 0.2) is 12.6 Å². The number of nitrogens with one attached hydrogen (secondary N) is 3. The second kappa shape index (κ2) is 20.0. The van der Waals surface area contributed by atoms with Gasteiger partial charge in [-0.2, -0.15) is 0 Å². The molecule has 11 atom stereocenters. The Morgan fingerprint density at radius 2 is 1.22 bits per heavy atom. The van der Waals surface area contributed by atoms with E-state index >= 15 is 0 Å². The van der Waals surface area contributed by atoms with Gasteiger partial charge in [-0.3, -0.25) is 24.0 Å². The van der Waals surface area contributed by atoms with Crippen LogP contribution in [0.15, 0.2) is 0 Å².